The van der Waals surface area contributed by atoms with Crippen LogP contribution in [0.1, 0.15) is 31.2 Å². The predicted octanol–water partition coefficient (Wildman–Crippen LogP) is 2.49. The lowest BCUT2D eigenvalue weighted by Crippen LogP contribution is -1.94. The first-order valence-corrected chi connectivity index (χ1v) is 4.18. The highest BCUT2D eigenvalue weighted by molar-refractivity contribution is 5.20. The molecule has 0 saturated heterocycles. The molecule has 0 saturated carbocycles. The maximum Gasteiger partial charge on any atom is 0.0727 e. The molecule has 0 spiro atoms. The van der Waals surface area contributed by atoms with E-state index in [-0.39, 0.29) is 5.92 Å². The summed E-state index contributed by atoms with van der Waals surface area (Å²) in [5.74, 6) is 0.0173. The van der Waals surface area contributed by atoms with E-state index in [2.05, 4.69) is 18.0 Å². The Labute approximate surface area is 72.9 Å². The van der Waals surface area contributed by atoms with E-state index in [0.717, 1.165) is 18.4 Å². The minimum absolute atomic E-state index is 0.0173. The molecule has 0 N–H and O–H groups in total. The number of pyridine rings is 1. The third-order valence-electron chi connectivity index (χ3n) is 1.82. The lowest BCUT2D eigenvalue weighted by molar-refractivity contribution is 0.724. The number of rotatable bonds is 3. The van der Waals surface area contributed by atoms with Crippen LogP contribution in [-0.2, 0) is 0 Å². The summed E-state index contributed by atoms with van der Waals surface area (Å²) < 4.78 is 0. The van der Waals surface area contributed by atoms with Crippen molar-refractivity contribution in [3.8, 4) is 6.07 Å². The van der Waals surface area contributed by atoms with Gasteiger partial charge in [0.15, 0.2) is 0 Å². The molecule has 0 aliphatic rings. The second-order valence-corrected chi connectivity index (χ2v) is 2.76. The SMILES string of the molecule is CCCC(C#N)c1cccnc1. The zero-order valence-electron chi connectivity index (χ0n) is 7.20. The van der Waals surface area contributed by atoms with E-state index < -0.39 is 0 Å². The molecule has 0 amide bonds. The summed E-state index contributed by atoms with van der Waals surface area (Å²) in [6.45, 7) is 2.08. The minimum atomic E-state index is 0.0173. The molecule has 0 aliphatic heterocycles. The first-order chi connectivity index (χ1) is 5.88. The quantitative estimate of drug-likeness (QED) is 0.681. The fraction of sp³-hybridized carbons (Fsp3) is 0.400. The van der Waals surface area contributed by atoms with Gasteiger partial charge in [-0.15, -0.1) is 0 Å². The van der Waals surface area contributed by atoms with Crippen molar-refractivity contribution in [2.45, 2.75) is 25.7 Å². The van der Waals surface area contributed by atoms with Crippen LogP contribution in [0.4, 0.5) is 0 Å². The first-order valence-electron chi connectivity index (χ1n) is 4.18. The van der Waals surface area contributed by atoms with Crippen LogP contribution in [-0.4, -0.2) is 4.98 Å². The van der Waals surface area contributed by atoms with Crippen LogP contribution in [0.25, 0.3) is 0 Å². The average molecular weight is 160 g/mol. The molecular formula is C10H12N2. The van der Waals surface area contributed by atoms with Gasteiger partial charge < -0.3 is 0 Å². The average Bonchev–Trinajstić information content (AvgIpc) is 2.15. The third kappa shape index (κ3) is 2.06. The molecule has 1 atom stereocenters. The summed E-state index contributed by atoms with van der Waals surface area (Å²) in [4.78, 5) is 3.98. The zero-order valence-corrected chi connectivity index (χ0v) is 7.20. The molecule has 0 aromatic carbocycles. The fourth-order valence-electron chi connectivity index (χ4n) is 1.18. The Morgan fingerprint density at radius 2 is 2.50 bits per heavy atom. The van der Waals surface area contributed by atoms with Gasteiger partial charge in [-0.05, 0) is 18.1 Å². The molecule has 1 heterocycles. The second-order valence-electron chi connectivity index (χ2n) is 2.76. The summed E-state index contributed by atoms with van der Waals surface area (Å²) in [7, 11) is 0. The number of hydrogen-bond donors (Lipinski definition) is 0. The van der Waals surface area contributed by atoms with E-state index in [9.17, 15) is 0 Å². The van der Waals surface area contributed by atoms with Gasteiger partial charge in [-0.25, -0.2) is 0 Å². The van der Waals surface area contributed by atoms with E-state index >= 15 is 0 Å². The summed E-state index contributed by atoms with van der Waals surface area (Å²) in [6, 6.07) is 6.10. The number of aromatic nitrogens is 1. The summed E-state index contributed by atoms with van der Waals surface area (Å²) in [5, 5.41) is 8.83. The van der Waals surface area contributed by atoms with Crippen LogP contribution < -0.4 is 0 Å². The molecule has 0 radical (unpaired) electrons. The van der Waals surface area contributed by atoms with Gasteiger partial charge in [0.1, 0.15) is 0 Å². The molecule has 0 aliphatic carbocycles. The van der Waals surface area contributed by atoms with Gasteiger partial charge in [-0.2, -0.15) is 5.26 Å². The van der Waals surface area contributed by atoms with Crippen molar-refractivity contribution in [2.24, 2.45) is 0 Å². The maximum atomic E-state index is 8.83. The topological polar surface area (TPSA) is 36.7 Å². The molecule has 0 fully saturated rings. The van der Waals surface area contributed by atoms with Crippen LogP contribution in [0.5, 0.6) is 0 Å². The Morgan fingerprint density at radius 3 is 3.00 bits per heavy atom. The minimum Gasteiger partial charge on any atom is -0.264 e. The maximum absolute atomic E-state index is 8.83. The number of nitrogens with zero attached hydrogens (tertiary/aromatic N) is 2. The molecule has 1 unspecified atom stereocenters. The van der Waals surface area contributed by atoms with Crippen molar-refractivity contribution in [1.82, 2.24) is 4.98 Å². The van der Waals surface area contributed by atoms with Crippen LogP contribution in [0.2, 0.25) is 0 Å². The van der Waals surface area contributed by atoms with Gasteiger partial charge in [0.25, 0.3) is 0 Å². The Bertz CT molecular complexity index is 261. The van der Waals surface area contributed by atoms with Crippen molar-refractivity contribution in [3.05, 3.63) is 30.1 Å². The van der Waals surface area contributed by atoms with Crippen molar-refractivity contribution in [2.75, 3.05) is 0 Å². The van der Waals surface area contributed by atoms with E-state index in [0.29, 0.717) is 0 Å². The van der Waals surface area contributed by atoms with Crippen LogP contribution in [0.15, 0.2) is 24.5 Å². The van der Waals surface area contributed by atoms with Crippen molar-refractivity contribution in [1.29, 1.82) is 5.26 Å². The number of hydrogen-bond acceptors (Lipinski definition) is 2. The van der Waals surface area contributed by atoms with E-state index in [4.69, 9.17) is 5.26 Å². The highest BCUT2D eigenvalue weighted by Gasteiger charge is 2.07. The Kier molecular flexibility index (Phi) is 3.28. The lowest BCUT2D eigenvalue weighted by atomic mass is 9.98. The van der Waals surface area contributed by atoms with Crippen LogP contribution in [0, 0.1) is 11.3 Å². The van der Waals surface area contributed by atoms with Crippen LogP contribution in [0.3, 0.4) is 0 Å². The fourth-order valence-corrected chi connectivity index (χ4v) is 1.18. The Balaban J connectivity index is 2.75. The zero-order chi connectivity index (χ0) is 8.81. The number of nitriles is 1. The second kappa shape index (κ2) is 4.50. The van der Waals surface area contributed by atoms with Gasteiger partial charge in [-0.3, -0.25) is 4.98 Å². The van der Waals surface area contributed by atoms with Gasteiger partial charge in [0.05, 0.1) is 12.0 Å². The summed E-state index contributed by atoms with van der Waals surface area (Å²) in [6.07, 6.45) is 5.45. The highest BCUT2D eigenvalue weighted by atomic mass is 14.6. The molecule has 2 nitrogen and oxygen atoms in total. The van der Waals surface area contributed by atoms with E-state index in [1.54, 1.807) is 12.4 Å². The predicted molar refractivity (Wildman–Crippen MR) is 47.5 cm³/mol. The Hall–Kier alpha value is -1.36. The molecule has 1 rings (SSSR count). The highest BCUT2D eigenvalue weighted by Crippen LogP contribution is 2.18. The molecular weight excluding hydrogens is 148 g/mol. The lowest BCUT2D eigenvalue weighted by Gasteiger charge is -2.05. The van der Waals surface area contributed by atoms with E-state index in [1.807, 2.05) is 12.1 Å². The van der Waals surface area contributed by atoms with Crippen LogP contribution >= 0.6 is 0 Å². The van der Waals surface area contributed by atoms with Gasteiger partial charge in [0.2, 0.25) is 0 Å². The Morgan fingerprint density at radius 1 is 1.67 bits per heavy atom. The summed E-state index contributed by atoms with van der Waals surface area (Å²) >= 11 is 0. The largest absolute Gasteiger partial charge is 0.264 e. The molecule has 1 aromatic heterocycles. The van der Waals surface area contributed by atoms with Gasteiger partial charge >= 0.3 is 0 Å². The molecule has 0 bridgehead atoms. The van der Waals surface area contributed by atoms with Crippen molar-refractivity contribution < 1.29 is 0 Å². The van der Waals surface area contributed by atoms with Crippen molar-refractivity contribution >= 4 is 0 Å². The molecule has 2 heteroatoms. The monoisotopic (exact) mass is 160 g/mol. The van der Waals surface area contributed by atoms with E-state index in [1.165, 1.54) is 0 Å². The molecule has 62 valence electrons. The normalized spacial score (nSPS) is 12.0. The first kappa shape index (κ1) is 8.73. The standard InChI is InChI=1S/C10H12N2/c1-2-4-9(7-11)10-5-3-6-12-8-10/h3,5-6,8-9H,2,4H2,1H3. The van der Waals surface area contributed by atoms with Crippen molar-refractivity contribution in [3.63, 3.8) is 0 Å². The smallest absolute Gasteiger partial charge is 0.0727 e. The molecule has 12 heavy (non-hydrogen) atoms. The van der Waals surface area contributed by atoms with Gasteiger partial charge in [0, 0.05) is 12.4 Å². The third-order valence-corrected chi connectivity index (χ3v) is 1.82. The van der Waals surface area contributed by atoms with Gasteiger partial charge in [-0.1, -0.05) is 19.4 Å². The molecule has 1 aromatic rings. The summed E-state index contributed by atoms with van der Waals surface area (Å²) in [5.41, 5.74) is 1.03.